The molecule has 0 saturated heterocycles. The van der Waals surface area contributed by atoms with Crippen molar-refractivity contribution in [3.63, 3.8) is 0 Å². The molecular formula is C9H10INO3. The number of amides is 1. The lowest BCUT2D eigenvalue weighted by atomic mass is 10.3. The lowest BCUT2D eigenvalue weighted by Gasteiger charge is -2.05. The molecule has 14 heavy (non-hydrogen) atoms. The van der Waals surface area contributed by atoms with E-state index in [9.17, 15) is 4.79 Å². The Balaban J connectivity index is 2.44. The van der Waals surface area contributed by atoms with E-state index >= 15 is 0 Å². The fraction of sp³-hybridized carbons (Fsp3) is 0.222. The summed E-state index contributed by atoms with van der Waals surface area (Å²) in [6.45, 7) is -0.156. The molecule has 0 aliphatic heterocycles. The number of aliphatic hydroxyl groups excluding tert-OH is 1. The van der Waals surface area contributed by atoms with Crippen molar-refractivity contribution in [1.29, 1.82) is 0 Å². The van der Waals surface area contributed by atoms with E-state index in [1.807, 2.05) is 12.1 Å². The molecule has 0 heterocycles. The van der Waals surface area contributed by atoms with Gasteiger partial charge in [-0.1, -0.05) is 0 Å². The normalized spacial score (nSPS) is 9.57. The number of anilines is 1. The van der Waals surface area contributed by atoms with E-state index in [-0.39, 0.29) is 13.2 Å². The molecule has 0 fully saturated rings. The van der Waals surface area contributed by atoms with Crippen LogP contribution in [0.15, 0.2) is 24.3 Å². The monoisotopic (exact) mass is 307 g/mol. The zero-order chi connectivity index (χ0) is 10.4. The Morgan fingerprint density at radius 1 is 1.43 bits per heavy atom. The van der Waals surface area contributed by atoms with E-state index in [4.69, 9.17) is 5.11 Å². The molecule has 0 bridgehead atoms. The molecule has 1 rings (SSSR count). The van der Waals surface area contributed by atoms with E-state index in [1.165, 1.54) is 0 Å². The minimum Gasteiger partial charge on any atom is -0.447 e. The Bertz CT molecular complexity index is 299. The third-order valence-corrected chi connectivity index (χ3v) is 2.13. The number of carbonyl (C=O) groups is 1. The summed E-state index contributed by atoms with van der Waals surface area (Å²) in [6.07, 6.45) is -0.555. The third kappa shape index (κ3) is 3.93. The Kier molecular flexibility index (Phi) is 4.68. The quantitative estimate of drug-likeness (QED) is 0.838. The maximum absolute atomic E-state index is 11.0. The Morgan fingerprint density at radius 3 is 2.64 bits per heavy atom. The summed E-state index contributed by atoms with van der Waals surface area (Å²) in [4.78, 5) is 11.0. The minimum absolute atomic E-state index is 0.0101. The molecule has 0 spiro atoms. The van der Waals surface area contributed by atoms with Gasteiger partial charge in [0.1, 0.15) is 6.61 Å². The molecule has 0 unspecified atom stereocenters. The van der Waals surface area contributed by atoms with Crippen LogP contribution in [0.1, 0.15) is 0 Å². The predicted octanol–water partition coefficient (Wildman–Crippen LogP) is 1.83. The van der Waals surface area contributed by atoms with Crippen LogP contribution in [0.25, 0.3) is 0 Å². The van der Waals surface area contributed by atoms with Gasteiger partial charge in [0, 0.05) is 9.26 Å². The Hall–Kier alpha value is -0.820. The van der Waals surface area contributed by atoms with Gasteiger partial charge in [-0.3, -0.25) is 5.32 Å². The molecule has 0 atom stereocenters. The van der Waals surface area contributed by atoms with Crippen molar-refractivity contribution in [3.05, 3.63) is 27.8 Å². The smallest absolute Gasteiger partial charge is 0.411 e. The summed E-state index contributed by atoms with van der Waals surface area (Å²) in [5.74, 6) is 0. The van der Waals surface area contributed by atoms with Crippen LogP contribution in [0, 0.1) is 3.57 Å². The lowest BCUT2D eigenvalue weighted by molar-refractivity contribution is 0.131. The highest BCUT2D eigenvalue weighted by molar-refractivity contribution is 14.1. The molecule has 1 aromatic carbocycles. The van der Waals surface area contributed by atoms with Gasteiger partial charge in [0.25, 0.3) is 0 Å². The number of hydrogen-bond donors (Lipinski definition) is 2. The number of nitrogens with one attached hydrogen (secondary N) is 1. The van der Waals surface area contributed by atoms with Crippen LogP contribution in [0.2, 0.25) is 0 Å². The highest BCUT2D eigenvalue weighted by Gasteiger charge is 2.01. The maximum atomic E-state index is 11.0. The number of aliphatic hydroxyl groups is 1. The van der Waals surface area contributed by atoms with Crippen molar-refractivity contribution in [2.24, 2.45) is 0 Å². The molecule has 5 heteroatoms. The first-order valence-corrected chi connectivity index (χ1v) is 5.10. The van der Waals surface area contributed by atoms with Crippen molar-refractivity contribution in [3.8, 4) is 0 Å². The molecule has 2 N–H and O–H groups in total. The standard InChI is InChI=1S/C9H10INO3/c10-7-1-3-8(4-2-7)11-9(13)14-6-5-12/h1-4,12H,5-6H2,(H,11,13). The van der Waals surface area contributed by atoms with Crippen LogP contribution in [-0.4, -0.2) is 24.4 Å². The van der Waals surface area contributed by atoms with Crippen LogP contribution in [0.4, 0.5) is 10.5 Å². The van der Waals surface area contributed by atoms with Crippen LogP contribution < -0.4 is 5.32 Å². The van der Waals surface area contributed by atoms with Gasteiger partial charge in [-0.05, 0) is 46.9 Å². The second kappa shape index (κ2) is 5.82. The highest BCUT2D eigenvalue weighted by atomic mass is 127. The summed E-state index contributed by atoms with van der Waals surface area (Å²) >= 11 is 2.18. The second-order valence-corrected chi connectivity index (χ2v) is 3.74. The molecule has 1 aromatic rings. The zero-order valence-corrected chi connectivity index (χ0v) is 9.52. The van der Waals surface area contributed by atoms with Crippen molar-refractivity contribution in [2.45, 2.75) is 0 Å². The number of carbonyl (C=O) groups excluding carboxylic acids is 1. The van der Waals surface area contributed by atoms with Gasteiger partial charge in [0.15, 0.2) is 0 Å². The van der Waals surface area contributed by atoms with E-state index in [1.54, 1.807) is 12.1 Å². The molecule has 0 aliphatic carbocycles. The summed E-state index contributed by atoms with van der Waals surface area (Å²) in [5.41, 5.74) is 0.674. The first kappa shape index (κ1) is 11.3. The number of benzene rings is 1. The van der Waals surface area contributed by atoms with Crippen LogP contribution >= 0.6 is 22.6 Å². The second-order valence-electron chi connectivity index (χ2n) is 2.49. The summed E-state index contributed by atoms with van der Waals surface area (Å²) < 4.78 is 5.72. The number of hydrogen-bond acceptors (Lipinski definition) is 3. The molecular weight excluding hydrogens is 297 g/mol. The summed E-state index contributed by atoms with van der Waals surface area (Å²) in [5, 5.41) is 10.9. The van der Waals surface area contributed by atoms with Crippen LogP contribution in [-0.2, 0) is 4.74 Å². The minimum atomic E-state index is -0.555. The third-order valence-electron chi connectivity index (χ3n) is 1.42. The Labute approximate surface area is 95.4 Å². The van der Waals surface area contributed by atoms with E-state index in [0.717, 1.165) is 3.57 Å². The molecule has 76 valence electrons. The topological polar surface area (TPSA) is 58.6 Å². The van der Waals surface area contributed by atoms with Gasteiger partial charge in [-0.25, -0.2) is 4.79 Å². The molecule has 1 amide bonds. The number of rotatable bonds is 3. The van der Waals surface area contributed by atoms with Gasteiger partial charge in [-0.2, -0.15) is 0 Å². The molecule has 0 saturated carbocycles. The zero-order valence-electron chi connectivity index (χ0n) is 7.37. The number of halogens is 1. The average molecular weight is 307 g/mol. The van der Waals surface area contributed by atoms with Gasteiger partial charge in [-0.15, -0.1) is 0 Å². The van der Waals surface area contributed by atoms with Crippen LogP contribution in [0.3, 0.4) is 0 Å². The van der Waals surface area contributed by atoms with E-state index < -0.39 is 6.09 Å². The molecule has 4 nitrogen and oxygen atoms in total. The van der Waals surface area contributed by atoms with Crippen molar-refractivity contribution >= 4 is 34.4 Å². The lowest BCUT2D eigenvalue weighted by Crippen LogP contribution is -2.15. The Morgan fingerprint density at radius 2 is 2.07 bits per heavy atom. The van der Waals surface area contributed by atoms with Gasteiger partial charge >= 0.3 is 6.09 Å². The SMILES string of the molecule is O=C(Nc1ccc(I)cc1)OCCO. The van der Waals surface area contributed by atoms with Crippen molar-refractivity contribution < 1.29 is 14.6 Å². The molecule has 0 aromatic heterocycles. The largest absolute Gasteiger partial charge is 0.447 e. The van der Waals surface area contributed by atoms with E-state index in [0.29, 0.717) is 5.69 Å². The number of ether oxygens (including phenoxy) is 1. The first-order chi connectivity index (χ1) is 6.72. The average Bonchev–Trinajstić information content (AvgIpc) is 2.18. The van der Waals surface area contributed by atoms with Gasteiger partial charge < -0.3 is 9.84 Å². The predicted molar refractivity (Wildman–Crippen MR) is 61.2 cm³/mol. The summed E-state index contributed by atoms with van der Waals surface area (Å²) in [7, 11) is 0. The molecule has 0 aliphatic rings. The molecule has 0 radical (unpaired) electrons. The van der Waals surface area contributed by atoms with Gasteiger partial charge in [0.2, 0.25) is 0 Å². The van der Waals surface area contributed by atoms with Crippen molar-refractivity contribution in [1.82, 2.24) is 0 Å². The highest BCUT2D eigenvalue weighted by Crippen LogP contribution is 2.11. The maximum Gasteiger partial charge on any atom is 0.411 e. The first-order valence-electron chi connectivity index (χ1n) is 4.02. The fourth-order valence-electron chi connectivity index (χ4n) is 0.825. The summed E-state index contributed by atoms with van der Waals surface area (Å²) in [6, 6.07) is 7.31. The fourth-order valence-corrected chi connectivity index (χ4v) is 1.19. The van der Waals surface area contributed by atoms with Crippen molar-refractivity contribution in [2.75, 3.05) is 18.5 Å². The van der Waals surface area contributed by atoms with E-state index in [2.05, 4.69) is 32.6 Å². The van der Waals surface area contributed by atoms with Gasteiger partial charge in [0.05, 0.1) is 6.61 Å². The van der Waals surface area contributed by atoms with Crippen LogP contribution in [0.5, 0.6) is 0 Å².